The van der Waals surface area contributed by atoms with Crippen molar-refractivity contribution in [1.29, 1.82) is 0 Å². The molecule has 1 aliphatic heterocycles. The van der Waals surface area contributed by atoms with Crippen molar-refractivity contribution in [2.75, 3.05) is 13.1 Å². The van der Waals surface area contributed by atoms with E-state index in [-0.39, 0.29) is 0 Å². The average Bonchev–Trinajstić information content (AvgIpc) is 2.32. The minimum absolute atomic E-state index is 0.402. The summed E-state index contributed by atoms with van der Waals surface area (Å²) in [7, 11) is 0. The molecule has 1 heteroatoms. The minimum atomic E-state index is 0.402. The Morgan fingerprint density at radius 3 is 2.33 bits per heavy atom. The maximum absolute atomic E-state index is 3.47. The number of allylic oxidation sites excluding steroid dienone is 1. The molecule has 1 fully saturated rings. The van der Waals surface area contributed by atoms with Gasteiger partial charge in [0.2, 0.25) is 0 Å². The fraction of sp³-hybridized carbons (Fsp3) is 0.818. The van der Waals surface area contributed by atoms with E-state index in [1.165, 1.54) is 5.57 Å². The van der Waals surface area contributed by atoms with Crippen LogP contribution in [0, 0.1) is 11.3 Å². The van der Waals surface area contributed by atoms with Gasteiger partial charge in [0.25, 0.3) is 0 Å². The second-order valence-electron chi connectivity index (χ2n) is 4.65. The molecule has 0 aromatic heterocycles. The third kappa shape index (κ3) is 1.42. The number of rotatable bonds is 1. The predicted molar refractivity (Wildman–Crippen MR) is 54.2 cm³/mol. The highest BCUT2D eigenvalue weighted by Gasteiger charge is 2.36. The Labute approximate surface area is 76.2 Å². The summed E-state index contributed by atoms with van der Waals surface area (Å²) >= 11 is 0. The van der Waals surface area contributed by atoms with Crippen molar-refractivity contribution in [2.45, 2.75) is 34.6 Å². The fourth-order valence-electron chi connectivity index (χ4n) is 2.06. The molecule has 12 heavy (non-hydrogen) atoms. The van der Waals surface area contributed by atoms with Gasteiger partial charge in [-0.2, -0.15) is 0 Å². The molecule has 0 spiro atoms. The van der Waals surface area contributed by atoms with Crippen LogP contribution in [0.4, 0.5) is 0 Å². The third-order valence-corrected chi connectivity index (χ3v) is 3.36. The standard InChI is InChI=1S/C11H21N/c1-8(2)10-6-12-7-11(10,5)9(3)4/h9,12H,6-7H2,1-5H3. The Morgan fingerprint density at radius 1 is 1.42 bits per heavy atom. The lowest BCUT2D eigenvalue weighted by atomic mass is 9.74. The second-order valence-corrected chi connectivity index (χ2v) is 4.65. The van der Waals surface area contributed by atoms with Crippen LogP contribution in [-0.2, 0) is 0 Å². The van der Waals surface area contributed by atoms with E-state index in [4.69, 9.17) is 0 Å². The van der Waals surface area contributed by atoms with Crippen LogP contribution in [0.3, 0.4) is 0 Å². The van der Waals surface area contributed by atoms with E-state index in [2.05, 4.69) is 39.9 Å². The molecule has 0 aromatic carbocycles. The largest absolute Gasteiger partial charge is 0.312 e. The highest BCUT2D eigenvalue weighted by atomic mass is 14.9. The predicted octanol–water partition coefficient (Wildman–Crippen LogP) is 2.59. The lowest BCUT2D eigenvalue weighted by molar-refractivity contribution is 0.303. The molecule has 1 aliphatic rings. The van der Waals surface area contributed by atoms with Crippen LogP contribution < -0.4 is 5.32 Å². The van der Waals surface area contributed by atoms with Gasteiger partial charge in [-0.15, -0.1) is 0 Å². The summed E-state index contributed by atoms with van der Waals surface area (Å²) in [6.07, 6.45) is 0. The van der Waals surface area contributed by atoms with Crippen molar-refractivity contribution in [3.63, 3.8) is 0 Å². The van der Waals surface area contributed by atoms with Gasteiger partial charge >= 0.3 is 0 Å². The lowest BCUT2D eigenvalue weighted by Gasteiger charge is -2.30. The van der Waals surface area contributed by atoms with Gasteiger partial charge < -0.3 is 5.32 Å². The van der Waals surface area contributed by atoms with Crippen molar-refractivity contribution in [2.24, 2.45) is 11.3 Å². The molecule has 1 N–H and O–H groups in total. The molecule has 0 aromatic rings. The molecule has 1 heterocycles. The van der Waals surface area contributed by atoms with Crippen LogP contribution in [0.1, 0.15) is 34.6 Å². The Morgan fingerprint density at radius 2 is 2.00 bits per heavy atom. The highest BCUT2D eigenvalue weighted by molar-refractivity contribution is 5.25. The van der Waals surface area contributed by atoms with E-state index in [9.17, 15) is 0 Å². The molecule has 1 nitrogen and oxygen atoms in total. The normalized spacial score (nSPS) is 30.0. The zero-order valence-electron chi connectivity index (χ0n) is 8.99. The quantitative estimate of drug-likeness (QED) is 0.592. The van der Waals surface area contributed by atoms with Crippen molar-refractivity contribution in [1.82, 2.24) is 5.32 Å². The van der Waals surface area contributed by atoms with Crippen LogP contribution in [0.25, 0.3) is 0 Å². The first-order valence-electron chi connectivity index (χ1n) is 4.86. The van der Waals surface area contributed by atoms with Crippen LogP contribution >= 0.6 is 0 Å². The van der Waals surface area contributed by atoms with E-state index < -0.39 is 0 Å². The molecule has 0 aliphatic carbocycles. The van der Waals surface area contributed by atoms with E-state index in [1.807, 2.05) is 0 Å². The van der Waals surface area contributed by atoms with Gasteiger partial charge in [-0.05, 0) is 19.8 Å². The van der Waals surface area contributed by atoms with Crippen LogP contribution in [0.2, 0.25) is 0 Å². The number of nitrogens with one attached hydrogen (secondary N) is 1. The van der Waals surface area contributed by atoms with Gasteiger partial charge in [0.1, 0.15) is 0 Å². The van der Waals surface area contributed by atoms with Gasteiger partial charge in [-0.3, -0.25) is 0 Å². The van der Waals surface area contributed by atoms with Gasteiger partial charge in [-0.25, -0.2) is 0 Å². The molecule has 1 saturated heterocycles. The highest BCUT2D eigenvalue weighted by Crippen LogP contribution is 2.39. The zero-order chi connectivity index (χ0) is 9.35. The monoisotopic (exact) mass is 167 g/mol. The first-order valence-corrected chi connectivity index (χ1v) is 4.86. The summed E-state index contributed by atoms with van der Waals surface area (Å²) in [6.45, 7) is 13.7. The second kappa shape index (κ2) is 3.21. The lowest BCUT2D eigenvalue weighted by Crippen LogP contribution is -2.27. The Balaban J connectivity index is 2.98. The maximum Gasteiger partial charge on any atom is 0.0173 e. The van der Waals surface area contributed by atoms with Gasteiger partial charge in [-0.1, -0.05) is 31.9 Å². The van der Waals surface area contributed by atoms with Crippen molar-refractivity contribution < 1.29 is 0 Å². The molecule has 0 bridgehead atoms. The van der Waals surface area contributed by atoms with E-state index in [0.717, 1.165) is 19.0 Å². The summed E-state index contributed by atoms with van der Waals surface area (Å²) < 4.78 is 0. The first-order chi connectivity index (χ1) is 5.48. The zero-order valence-corrected chi connectivity index (χ0v) is 8.99. The van der Waals surface area contributed by atoms with Gasteiger partial charge in [0, 0.05) is 18.5 Å². The Hall–Kier alpha value is -0.300. The van der Waals surface area contributed by atoms with Crippen LogP contribution in [0.5, 0.6) is 0 Å². The summed E-state index contributed by atoms with van der Waals surface area (Å²) in [5.41, 5.74) is 3.52. The van der Waals surface area contributed by atoms with E-state index in [0.29, 0.717) is 5.41 Å². The molecular formula is C11H21N. The number of hydrogen-bond donors (Lipinski definition) is 1. The van der Waals surface area contributed by atoms with Crippen LogP contribution in [0.15, 0.2) is 11.1 Å². The molecule has 70 valence electrons. The van der Waals surface area contributed by atoms with Crippen LogP contribution in [-0.4, -0.2) is 13.1 Å². The summed E-state index contributed by atoms with van der Waals surface area (Å²) in [5, 5.41) is 3.47. The minimum Gasteiger partial charge on any atom is -0.312 e. The summed E-state index contributed by atoms with van der Waals surface area (Å²) in [6, 6.07) is 0. The topological polar surface area (TPSA) is 12.0 Å². The van der Waals surface area contributed by atoms with E-state index >= 15 is 0 Å². The molecule has 0 amide bonds. The van der Waals surface area contributed by atoms with Gasteiger partial charge in [0.05, 0.1) is 0 Å². The average molecular weight is 167 g/mol. The Kier molecular flexibility index (Phi) is 2.62. The molecular weight excluding hydrogens is 146 g/mol. The SMILES string of the molecule is CC(C)=C1CNCC1(C)C(C)C. The van der Waals surface area contributed by atoms with Crippen molar-refractivity contribution >= 4 is 0 Å². The molecule has 1 rings (SSSR count). The van der Waals surface area contributed by atoms with Crippen molar-refractivity contribution in [3.05, 3.63) is 11.1 Å². The summed E-state index contributed by atoms with van der Waals surface area (Å²) in [5.74, 6) is 0.734. The van der Waals surface area contributed by atoms with Gasteiger partial charge in [0.15, 0.2) is 0 Å². The summed E-state index contributed by atoms with van der Waals surface area (Å²) in [4.78, 5) is 0. The molecule has 1 unspecified atom stereocenters. The Bertz CT molecular complexity index is 199. The molecule has 0 saturated carbocycles. The van der Waals surface area contributed by atoms with Crippen molar-refractivity contribution in [3.8, 4) is 0 Å². The smallest absolute Gasteiger partial charge is 0.0173 e. The maximum atomic E-state index is 3.47. The third-order valence-electron chi connectivity index (χ3n) is 3.36. The molecule has 0 radical (unpaired) electrons. The fourth-order valence-corrected chi connectivity index (χ4v) is 2.06. The molecule has 1 atom stereocenters. The first kappa shape index (κ1) is 9.79. The number of hydrogen-bond acceptors (Lipinski definition) is 1. The van der Waals surface area contributed by atoms with E-state index in [1.54, 1.807) is 5.57 Å².